The molecule has 1 aliphatic rings. The predicted molar refractivity (Wildman–Crippen MR) is 83.6 cm³/mol. The van der Waals surface area contributed by atoms with Crippen LogP contribution in [0.1, 0.15) is 12.0 Å². The number of carbonyl (C=O) groups excluding carboxylic acids is 1. The van der Waals surface area contributed by atoms with Gasteiger partial charge in [-0.2, -0.15) is 5.10 Å². The van der Waals surface area contributed by atoms with Gasteiger partial charge in [0.1, 0.15) is 6.17 Å². The first-order valence-corrected chi connectivity index (χ1v) is 7.56. The normalized spacial score (nSPS) is 20.5. The summed E-state index contributed by atoms with van der Waals surface area (Å²) in [5.41, 5.74) is 0.852. The summed E-state index contributed by atoms with van der Waals surface area (Å²) in [5, 5.41) is 10.7. The fourth-order valence-corrected chi connectivity index (χ4v) is 2.76. The summed E-state index contributed by atoms with van der Waals surface area (Å²) >= 11 is 0. The second-order valence-electron chi connectivity index (χ2n) is 5.56. The summed E-state index contributed by atoms with van der Waals surface area (Å²) in [5.74, 6) is 0.540. The van der Waals surface area contributed by atoms with E-state index in [4.69, 9.17) is 0 Å². The second-order valence-corrected chi connectivity index (χ2v) is 5.56. The number of nitrogens with one attached hydrogen (secondary N) is 1. The minimum atomic E-state index is -0.919. The van der Waals surface area contributed by atoms with Gasteiger partial charge in [0.05, 0.1) is 19.0 Å². The zero-order valence-electron chi connectivity index (χ0n) is 12.6. The summed E-state index contributed by atoms with van der Waals surface area (Å²) in [7, 11) is 0. The summed E-state index contributed by atoms with van der Waals surface area (Å²) in [6.07, 6.45) is 4.64. The van der Waals surface area contributed by atoms with Gasteiger partial charge in [-0.05, 0) is 23.8 Å². The quantitative estimate of drug-likeness (QED) is 0.896. The first-order valence-electron chi connectivity index (χ1n) is 7.56. The molecule has 2 aromatic rings. The maximum atomic E-state index is 13.8. The molecule has 0 saturated carbocycles. The van der Waals surface area contributed by atoms with E-state index in [9.17, 15) is 9.18 Å². The second kappa shape index (κ2) is 7.13. The van der Waals surface area contributed by atoms with Gasteiger partial charge in [0.15, 0.2) is 5.82 Å². The highest BCUT2D eigenvalue weighted by Gasteiger charge is 2.33. The van der Waals surface area contributed by atoms with Gasteiger partial charge in [-0.15, -0.1) is 5.10 Å². The minimum Gasteiger partial charge on any atom is -0.354 e. The molecule has 7 heteroatoms. The zero-order valence-corrected chi connectivity index (χ0v) is 12.6. The van der Waals surface area contributed by atoms with Gasteiger partial charge in [0, 0.05) is 31.6 Å². The van der Waals surface area contributed by atoms with E-state index in [1.165, 1.54) is 0 Å². The molecular formula is C16H18FN5O. The lowest BCUT2D eigenvalue weighted by Gasteiger charge is -2.24. The Hall–Kier alpha value is -2.57. The van der Waals surface area contributed by atoms with E-state index in [1.807, 2.05) is 11.0 Å². The lowest BCUT2D eigenvalue weighted by Crippen LogP contribution is -2.41. The number of alkyl halides is 1. The van der Waals surface area contributed by atoms with Crippen LogP contribution in [0, 0.1) is 0 Å². The van der Waals surface area contributed by atoms with Crippen molar-refractivity contribution in [3.63, 3.8) is 0 Å². The van der Waals surface area contributed by atoms with Gasteiger partial charge >= 0.3 is 0 Å². The Morgan fingerprint density at radius 2 is 2.22 bits per heavy atom. The van der Waals surface area contributed by atoms with Crippen LogP contribution in [0.3, 0.4) is 0 Å². The van der Waals surface area contributed by atoms with Crippen molar-refractivity contribution in [1.29, 1.82) is 0 Å². The molecular weight excluding hydrogens is 297 g/mol. The highest BCUT2D eigenvalue weighted by molar-refractivity contribution is 5.78. The Bertz CT molecular complexity index is 639. The van der Waals surface area contributed by atoms with Crippen LogP contribution in [-0.2, 0) is 11.2 Å². The van der Waals surface area contributed by atoms with E-state index < -0.39 is 6.17 Å². The van der Waals surface area contributed by atoms with Crippen molar-refractivity contribution in [2.75, 3.05) is 18.0 Å². The first-order chi connectivity index (χ1) is 11.2. The number of amides is 1. The third-order valence-electron chi connectivity index (χ3n) is 3.84. The van der Waals surface area contributed by atoms with Crippen molar-refractivity contribution in [2.45, 2.75) is 25.1 Å². The molecule has 2 aromatic heterocycles. The maximum absolute atomic E-state index is 13.8. The van der Waals surface area contributed by atoms with Crippen molar-refractivity contribution >= 4 is 11.7 Å². The summed E-state index contributed by atoms with van der Waals surface area (Å²) in [6.45, 7) is 0.665. The molecule has 1 N–H and O–H groups in total. The predicted octanol–water partition coefficient (Wildman–Crippen LogP) is 1.15. The van der Waals surface area contributed by atoms with Crippen LogP contribution >= 0.6 is 0 Å². The molecule has 0 bridgehead atoms. The Labute approximate surface area is 133 Å². The van der Waals surface area contributed by atoms with Gasteiger partial charge in [-0.1, -0.05) is 6.07 Å². The van der Waals surface area contributed by atoms with E-state index in [0.29, 0.717) is 18.8 Å². The summed E-state index contributed by atoms with van der Waals surface area (Å²) in [4.78, 5) is 17.9. The van der Waals surface area contributed by atoms with E-state index in [0.717, 1.165) is 5.56 Å². The summed E-state index contributed by atoms with van der Waals surface area (Å²) < 4.78 is 13.8. The van der Waals surface area contributed by atoms with Crippen molar-refractivity contribution < 1.29 is 9.18 Å². The smallest absolute Gasteiger partial charge is 0.224 e. The highest BCUT2D eigenvalue weighted by Crippen LogP contribution is 2.24. The molecule has 23 heavy (non-hydrogen) atoms. The van der Waals surface area contributed by atoms with E-state index in [-0.39, 0.29) is 24.9 Å². The van der Waals surface area contributed by atoms with Crippen molar-refractivity contribution in [1.82, 2.24) is 20.5 Å². The van der Waals surface area contributed by atoms with Gasteiger partial charge in [0.25, 0.3) is 0 Å². The van der Waals surface area contributed by atoms with Crippen LogP contribution in [0.25, 0.3) is 0 Å². The van der Waals surface area contributed by atoms with E-state index >= 15 is 0 Å². The van der Waals surface area contributed by atoms with Crippen molar-refractivity contribution in [2.24, 2.45) is 0 Å². The van der Waals surface area contributed by atoms with Gasteiger partial charge in [-0.25, -0.2) is 4.39 Å². The largest absolute Gasteiger partial charge is 0.354 e. The SMILES string of the molecule is O=C(Cc1cccnc1)NC[C@@H]1C[C@H](F)CN1c1cccnn1. The molecule has 3 rings (SSSR count). The fraction of sp³-hybridized carbons (Fsp3) is 0.375. The molecule has 0 unspecified atom stereocenters. The number of pyridine rings is 1. The minimum absolute atomic E-state index is 0.0978. The standard InChI is InChI=1S/C16H18FN5O/c17-13-8-14(22(11-13)15-4-2-6-20-21-15)10-19-16(23)7-12-3-1-5-18-9-12/h1-6,9,13-14H,7-8,10-11H2,(H,19,23)/t13-,14-/m0/s1. The molecule has 3 heterocycles. The average molecular weight is 315 g/mol. The molecule has 1 amide bonds. The number of nitrogens with zero attached hydrogens (tertiary/aromatic N) is 4. The molecule has 0 aromatic carbocycles. The number of halogens is 1. The number of hydrogen-bond donors (Lipinski definition) is 1. The van der Waals surface area contributed by atoms with Crippen LogP contribution in [-0.4, -0.2) is 46.4 Å². The van der Waals surface area contributed by atoms with Crippen LogP contribution in [0.4, 0.5) is 10.2 Å². The molecule has 2 atom stereocenters. The third kappa shape index (κ3) is 4.00. The van der Waals surface area contributed by atoms with Gasteiger partial charge < -0.3 is 10.2 Å². The number of anilines is 1. The lowest BCUT2D eigenvalue weighted by molar-refractivity contribution is -0.120. The number of rotatable bonds is 5. The maximum Gasteiger partial charge on any atom is 0.224 e. The number of aromatic nitrogens is 3. The Balaban J connectivity index is 1.57. The Kier molecular flexibility index (Phi) is 4.75. The zero-order chi connectivity index (χ0) is 16.1. The highest BCUT2D eigenvalue weighted by atomic mass is 19.1. The van der Waals surface area contributed by atoms with Crippen LogP contribution in [0.15, 0.2) is 42.9 Å². The first kappa shape index (κ1) is 15.3. The lowest BCUT2D eigenvalue weighted by atomic mass is 10.2. The summed E-state index contributed by atoms with van der Waals surface area (Å²) in [6, 6.07) is 7.11. The Morgan fingerprint density at radius 3 is 2.96 bits per heavy atom. The third-order valence-corrected chi connectivity index (χ3v) is 3.84. The van der Waals surface area contributed by atoms with Crippen molar-refractivity contribution in [3.05, 3.63) is 48.4 Å². The topological polar surface area (TPSA) is 71.0 Å². The molecule has 6 nitrogen and oxygen atoms in total. The fourth-order valence-electron chi connectivity index (χ4n) is 2.76. The molecule has 1 saturated heterocycles. The molecule has 0 radical (unpaired) electrons. The average Bonchev–Trinajstić information content (AvgIpc) is 2.96. The van der Waals surface area contributed by atoms with E-state index in [2.05, 4.69) is 20.5 Å². The van der Waals surface area contributed by atoms with Crippen LogP contribution in [0.2, 0.25) is 0 Å². The number of hydrogen-bond acceptors (Lipinski definition) is 5. The molecule has 120 valence electrons. The molecule has 1 fully saturated rings. The Morgan fingerprint density at radius 1 is 1.35 bits per heavy atom. The van der Waals surface area contributed by atoms with E-state index in [1.54, 1.807) is 36.8 Å². The van der Waals surface area contributed by atoms with Crippen molar-refractivity contribution in [3.8, 4) is 0 Å². The van der Waals surface area contributed by atoms with Gasteiger partial charge in [0.2, 0.25) is 5.91 Å². The molecule has 1 aliphatic heterocycles. The monoisotopic (exact) mass is 315 g/mol. The number of carbonyl (C=O) groups is 1. The van der Waals surface area contributed by atoms with Crippen LogP contribution in [0.5, 0.6) is 0 Å². The molecule has 0 spiro atoms. The molecule has 0 aliphatic carbocycles. The van der Waals surface area contributed by atoms with Gasteiger partial charge in [-0.3, -0.25) is 9.78 Å². The van der Waals surface area contributed by atoms with Crippen LogP contribution < -0.4 is 10.2 Å².